The molecule has 1 saturated heterocycles. The van der Waals surface area contributed by atoms with Crippen LogP contribution in [0.5, 0.6) is 5.75 Å². The van der Waals surface area contributed by atoms with E-state index in [1.165, 1.54) is 18.4 Å². The standard InChI is InChI=1S/C23H30N2O3/c26-23(25-14-12-24(13-15-25)18-22-9-4-16-27-22)11-10-19-5-3-8-21(17-19)28-20-6-1-2-7-20/h3-5,8-9,16-17,20H,1-2,6-7,10-15,18H2. The highest BCUT2D eigenvalue weighted by Crippen LogP contribution is 2.25. The molecule has 5 nitrogen and oxygen atoms in total. The fourth-order valence-corrected chi connectivity index (χ4v) is 4.16. The SMILES string of the molecule is O=C(CCc1cccc(OC2CCCC2)c1)N1CCN(Cc2ccco2)CC1. The normalized spacial score (nSPS) is 18.5. The maximum absolute atomic E-state index is 12.6. The Kier molecular flexibility index (Phi) is 6.32. The maximum Gasteiger partial charge on any atom is 0.222 e. The van der Waals surface area contributed by atoms with Crippen molar-refractivity contribution in [3.63, 3.8) is 0 Å². The first-order chi connectivity index (χ1) is 13.8. The molecule has 2 aromatic rings. The molecule has 150 valence electrons. The number of hydrogen-bond acceptors (Lipinski definition) is 4. The van der Waals surface area contributed by atoms with E-state index < -0.39 is 0 Å². The van der Waals surface area contributed by atoms with Crippen molar-refractivity contribution in [2.24, 2.45) is 0 Å². The number of hydrogen-bond donors (Lipinski definition) is 0. The van der Waals surface area contributed by atoms with E-state index in [-0.39, 0.29) is 5.91 Å². The minimum Gasteiger partial charge on any atom is -0.490 e. The zero-order chi connectivity index (χ0) is 19.2. The molecular formula is C23H30N2O3. The van der Waals surface area contributed by atoms with Crippen LogP contribution in [0.25, 0.3) is 0 Å². The molecule has 1 aromatic heterocycles. The molecule has 4 rings (SSSR count). The molecule has 28 heavy (non-hydrogen) atoms. The predicted octanol–water partition coefficient (Wildman–Crippen LogP) is 3.88. The fourth-order valence-electron chi connectivity index (χ4n) is 4.16. The lowest BCUT2D eigenvalue weighted by atomic mass is 10.1. The van der Waals surface area contributed by atoms with Crippen LogP contribution in [0.2, 0.25) is 0 Å². The summed E-state index contributed by atoms with van der Waals surface area (Å²) in [6, 6.07) is 12.2. The van der Waals surface area contributed by atoms with Gasteiger partial charge in [0.05, 0.1) is 18.9 Å². The van der Waals surface area contributed by atoms with Crippen molar-refractivity contribution in [1.29, 1.82) is 0 Å². The van der Waals surface area contributed by atoms with Crippen molar-refractivity contribution >= 4 is 5.91 Å². The summed E-state index contributed by atoms with van der Waals surface area (Å²) < 4.78 is 11.5. The van der Waals surface area contributed by atoms with Crippen molar-refractivity contribution < 1.29 is 13.9 Å². The first-order valence-electron chi connectivity index (χ1n) is 10.5. The Morgan fingerprint density at radius 3 is 2.64 bits per heavy atom. The second-order valence-electron chi connectivity index (χ2n) is 7.91. The summed E-state index contributed by atoms with van der Waals surface area (Å²) in [7, 11) is 0. The van der Waals surface area contributed by atoms with Crippen molar-refractivity contribution in [1.82, 2.24) is 9.80 Å². The topological polar surface area (TPSA) is 45.9 Å². The predicted molar refractivity (Wildman–Crippen MR) is 108 cm³/mol. The molecule has 2 heterocycles. The van der Waals surface area contributed by atoms with E-state index in [9.17, 15) is 4.79 Å². The van der Waals surface area contributed by atoms with E-state index in [4.69, 9.17) is 9.15 Å². The van der Waals surface area contributed by atoms with Gasteiger partial charge in [0.2, 0.25) is 5.91 Å². The quantitative estimate of drug-likeness (QED) is 0.729. The Morgan fingerprint density at radius 2 is 1.89 bits per heavy atom. The third-order valence-electron chi connectivity index (χ3n) is 5.82. The molecule has 5 heteroatoms. The number of benzene rings is 1. The minimum atomic E-state index is 0.250. The summed E-state index contributed by atoms with van der Waals surface area (Å²) in [6.07, 6.45) is 8.28. The van der Waals surface area contributed by atoms with Crippen molar-refractivity contribution in [2.45, 2.75) is 51.2 Å². The molecule has 1 saturated carbocycles. The monoisotopic (exact) mass is 382 g/mol. The van der Waals surface area contributed by atoms with Crippen molar-refractivity contribution in [3.05, 3.63) is 54.0 Å². The summed E-state index contributed by atoms with van der Waals surface area (Å²) in [5.41, 5.74) is 1.18. The van der Waals surface area contributed by atoms with Gasteiger partial charge < -0.3 is 14.1 Å². The number of rotatable bonds is 7. The van der Waals surface area contributed by atoms with Crippen LogP contribution in [0.15, 0.2) is 47.1 Å². The van der Waals surface area contributed by atoms with E-state index in [1.807, 2.05) is 29.2 Å². The van der Waals surface area contributed by atoms with E-state index in [0.717, 1.165) is 63.5 Å². The second kappa shape index (κ2) is 9.28. The van der Waals surface area contributed by atoms with Gasteiger partial charge in [-0.25, -0.2) is 0 Å². The van der Waals surface area contributed by atoms with Crippen LogP contribution in [-0.2, 0) is 17.8 Å². The number of amides is 1. The van der Waals surface area contributed by atoms with E-state index in [1.54, 1.807) is 6.26 Å². The molecular weight excluding hydrogens is 352 g/mol. The van der Waals surface area contributed by atoms with Crippen LogP contribution in [0.4, 0.5) is 0 Å². The lowest BCUT2D eigenvalue weighted by Crippen LogP contribution is -2.48. The number of furan rings is 1. The number of carbonyl (C=O) groups excluding carboxylic acids is 1. The number of ether oxygens (including phenoxy) is 1. The van der Waals surface area contributed by atoms with Gasteiger partial charge in [0.1, 0.15) is 11.5 Å². The van der Waals surface area contributed by atoms with Crippen LogP contribution in [0.3, 0.4) is 0 Å². The van der Waals surface area contributed by atoms with Crippen LogP contribution >= 0.6 is 0 Å². The number of carbonyl (C=O) groups is 1. The lowest BCUT2D eigenvalue weighted by Gasteiger charge is -2.34. The maximum atomic E-state index is 12.6. The number of nitrogens with zero attached hydrogens (tertiary/aromatic N) is 2. The fraction of sp³-hybridized carbons (Fsp3) is 0.522. The van der Waals surface area contributed by atoms with Crippen molar-refractivity contribution in [3.8, 4) is 5.75 Å². The zero-order valence-electron chi connectivity index (χ0n) is 16.5. The summed E-state index contributed by atoms with van der Waals surface area (Å²) in [5, 5.41) is 0. The third kappa shape index (κ3) is 5.16. The smallest absolute Gasteiger partial charge is 0.222 e. The van der Waals surface area contributed by atoms with Crippen LogP contribution in [-0.4, -0.2) is 48.0 Å². The highest BCUT2D eigenvalue weighted by Gasteiger charge is 2.21. The molecule has 0 N–H and O–H groups in total. The molecule has 0 radical (unpaired) electrons. The number of piperazine rings is 1. The molecule has 0 spiro atoms. The summed E-state index contributed by atoms with van der Waals surface area (Å²) in [5.74, 6) is 2.18. The number of aryl methyl sites for hydroxylation is 1. The van der Waals surface area contributed by atoms with Crippen molar-refractivity contribution in [2.75, 3.05) is 26.2 Å². The van der Waals surface area contributed by atoms with Crippen LogP contribution in [0, 0.1) is 0 Å². The van der Waals surface area contributed by atoms with Gasteiger partial charge in [-0.15, -0.1) is 0 Å². The molecule has 1 aromatic carbocycles. The van der Waals surface area contributed by atoms with Gasteiger partial charge in [-0.1, -0.05) is 12.1 Å². The average Bonchev–Trinajstić information content (AvgIpc) is 3.41. The zero-order valence-corrected chi connectivity index (χ0v) is 16.5. The first kappa shape index (κ1) is 19.1. The van der Waals surface area contributed by atoms with Gasteiger partial charge >= 0.3 is 0 Å². The lowest BCUT2D eigenvalue weighted by molar-refractivity contribution is -0.133. The van der Waals surface area contributed by atoms with Gasteiger partial charge in [-0.2, -0.15) is 0 Å². The van der Waals surface area contributed by atoms with Gasteiger partial charge in [0, 0.05) is 32.6 Å². The Hall–Kier alpha value is -2.27. The van der Waals surface area contributed by atoms with E-state index in [2.05, 4.69) is 17.0 Å². The molecule has 1 amide bonds. The van der Waals surface area contributed by atoms with E-state index in [0.29, 0.717) is 12.5 Å². The Morgan fingerprint density at radius 1 is 1.07 bits per heavy atom. The molecule has 1 aliphatic carbocycles. The summed E-state index contributed by atoms with van der Waals surface area (Å²) in [6.45, 7) is 4.21. The Bertz CT molecular complexity index is 745. The van der Waals surface area contributed by atoms with Crippen LogP contribution < -0.4 is 4.74 Å². The highest BCUT2D eigenvalue weighted by molar-refractivity contribution is 5.76. The molecule has 1 aliphatic heterocycles. The summed E-state index contributed by atoms with van der Waals surface area (Å²) in [4.78, 5) is 17.0. The Balaban J connectivity index is 1.21. The van der Waals surface area contributed by atoms with Crippen LogP contribution in [0.1, 0.15) is 43.4 Å². The van der Waals surface area contributed by atoms with Gasteiger partial charge in [-0.05, 0) is 61.9 Å². The van der Waals surface area contributed by atoms with Gasteiger partial charge in [-0.3, -0.25) is 9.69 Å². The third-order valence-corrected chi connectivity index (χ3v) is 5.82. The average molecular weight is 383 g/mol. The van der Waals surface area contributed by atoms with Gasteiger partial charge in [0.25, 0.3) is 0 Å². The molecule has 0 atom stereocenters. The van der Waals surface area contributed by atoms with Gasteiger partial charge in [0.15, 0.2) is 0 Å². The Labute approximate surface area is 167 Å². The van der Waals surface area contributed by atoms with E-state index >= 15 is 0 Å². The second-order valence-corrected chi connectivity index (χ2v) is 7.91. The summed E-state index contributed by atoms with van der Waals surface area (Å²) >= 11 is 0. The minimum absolute atomic E-state index is 0.250. The first-order valence-corrected chi connectivity index (χ1v) is 10.5. The molecule has 2 aliphatic rings. The molecule has 0 bridgehead atoms. The highest BCUT2D eigenvalue weighted by atomic mass is 16.5. The largest absolute Gasteiger partial charge is 0.490 e. The molecule has 2 fully saturated rings. The molecule has 0 unspecified atom stereocenters.